The number of rotatable bonds is 7. The van der Waals surface area contributed by atoms with E-state index in [0.717, 1.165) is 25.8 Å². The molecule has 98 valence electrons. The molecule has 4 heteroatoms. The second kappa shape index (κ2) is 6.60. The summed E-state index contributed by atoms with van der Waals surface area (Å²) < 4.78 is 23.0. The van der Waals surface area contributed by atoms with Crippen molar-refractivity contribution in [3.63, 3.8) is 0 Å². The molecule has 16 heavy (non-hydrogen) atoms. The van der Waals surface area contributed by atoms with Crippen LogP contribution in [0.3, 0.4) is 0 Å². The largest absolute Gasteiger partial charge is 0.315 e. The van der Waals surface area contributed by atoms with Gasteiger partial charge in [0.25, 0.3) is 0 Å². The van der Waals surface area contributed by atoms with E-state index in [1.54, 1.807) is 20.8 Å². The van der Waals surface area contributed by atoms with Crippen LogP contribution in [-0.2, 0) is 9.84 Å². The van der Waals surface area contributed by atoms with E-state index in [4.69, 9.17) is 0 Å². The summed E-state index contributed by atoms with van der Waals surface area (Å²) in [6, 6.07) is 0.488. The molecule has 0 aromatic carbocycles. The fraction of sp³-hybridized carbons (Fsp3) is 1.00. The number of sulfone groups is 1. The van der Waals surface area contributed by atoms with E-state index in [2.05, 4.69) is 19.2 Å². The Kier molecular flexibility index (Phi) is 6.56. The first-order chi connectivity index (χ1) is 7.20. The van der Waals surface area contributed by atoms with Gasteiger partial charge in [-0.25, -0.2) is 8.42 Å². The highest BCUT2D eigenvalue weighted by atomic mass is 32.2. The zero-order valence-corrected chi connectivity index (χ0v) is 12.2. The van der Waals surface area contributed by atoms with Gasteiger partial charge in [0, 0.05) is 6.04 Å². The second-order valence-electron chi connectivity index (χ2n) is 5.39. The van der Waals surface area contributed by atoms with Crippen molar-refractivity contribution in [3.05, 3.63) is 0 Å². The summed E-state index contributed by atoms with van der Waals surface area (Å²) in [6.45, 7) is 10.5. The summed E-state index contributed by atoms with van der Waals surface area (Å²) in [5.74, 6) is 0.315. The zero-order chi connectivity index (χ0) is 12.8. The highest BCUT2D eigenvalue weighted by Gasteiger charge is 2.27. The predicted octanol–water partition coefficient (Wildman–Crippen LogP) is 2.37. The fourth-order valence-corrected chi connectivity index (χ4v) is 2.70. The van der Waals surface area contributed by atoms with Gasteiger partial charge in [-0.2, -0.15) is 0 Å². The monoisotopic (exact) mass is 249 g/mol. The molecule has 0 radical (unpaired) electrons. The van der Waals surface area contributed by atoms with E-state index < -0.39 is 14.6 Å². The quantitative estimate of drug-likeness (QED) is 0.705. The molecule has 1 unspecified atom stereocenters. The van der Waals surface area contributed by atoms with Crippen LogP contribution in [0.15, 0.2) is 0 Å². The number of nitrogens with one attached hydrogen (secondary N) is 1. The van der Waals surface area contributed by atoms with E-state index in [1.165, 1.54) is 0 Å². The average molecular weight is 249 g/mol. The molecule has 0 fully saturated rings. The van der Waals surface area contributed by atoms with E-state index >= 15 is 0 Å². The van der Waals surface area contributed by atoms with Gasteiger partial charge in [-0.05, 0) is 47.1 Å². The molecular formula is C12H27NO2S. The zero-order valence-electron chi connectivity index (χ0n) is 11.3. The van der Waals surface area contributed by atoms with Crippen LogP contribution in [0.4, 0.5) is 0 Å². The molecule has 1 N–H and O–H groups in total. The van der Waals surface area contributed by atoms with Crippen molar-refractivity contribution >= 4 is 9.84 Å². The Morgan fingerprint density at radius 2 is 1.75 bits per heavy atom. The Labute approximate surface area is 101 Å². The first kappa shape index (κ1) is 15.9. The normalized spacial score (nSPS) is 15.1. The molecule has 0 aromatic rings. The summed E-state index contributed by atoms with van der Waals surface area (Å²) in [5, 5.41) is 3.32. The average Bonchev–Trinajstić information content (AvgIpc) is 2.11. The lowest BCUT2D eigenvalue weighted by Crippen LogP contribution is -2.30. The van der Waals surface area contributed by atoms with E-state index in [0.29, 0.717) is 11.8 Å². The Morgan fingerprint density at radius 3 is 2.19 bits per heavy atom. The molecule has 0 bridgehead atoms. The summed E-state index contributed by atoms with van der Waals surface area (Å²) in [6.07, 6.45) is 2.80. The molecule has 1 atom stereocenters. The van der Waals surface area contributed by atoms with Gasteiger partial charge in [-0.15, -0.1) is 0 Å². The minimum atomic E-state index is -2.93. The first-order valence-corrected chi connectivity index (χ1v) is 7.81. The molecule has 0 aliphatic carbocycles. The smallest absolute Gasteiger partial charge is 0.155 e. The Bertz CT molecular complexity index is 278. The number of unbranched alkanes of at least 4 members (excludes halogenated alkanes) is 1. The lowest BCUT2D eigenvalue weighted by Gasteiger charge is -2.19. The third kappa shape index (κ3) is 5.85. The van der Waals surface area contributed by atoms with E-state index in [-0.39, 0.29) is 0 Å². The molecule has 0 saturated heterocycles. The molecule has 0 spiro atoms. The van der Waals surface area contributed by atoms with E-state index in [1.807, 2.05) is 0 Å². The Balaban J connectivity index is 3.84. The maximum absolute atomic E-state index is 11.8. The Hall–Kier alpha value is -0.0900. The minimum absolute atomic E-state index is 0.315. The lowest BCUT2D eigenvalue weighted by atomic mass is 10.1. The molecule has 3 nitrogen and oxygen atoms in total. The van der Waals surface area contributed by atoms with Gasteiger partial charge < -0.3 is 5.32 Å². The Morgan fingerprint density at radius 1 is 1.19 bits per heavy atom. The molecule has 0 heterocycles. The highest BCUT2D eigenvalue weighted by Crippen LogP contribution is 2.17. The van der Waals surface area contributed by atoms with Crippen molar-refractivity contribution < 1.29 is 8.42 Å². The van der Waals surface area contributed by atoms with Gasteiger partial charge in [0.05, 0.1) is 10.5 Å². The maximum Gasteiger partial charge on any atom is 0.155 e. The van der Waals surface area contributed by atoms with Crippen LogP contribution in [0.1, 0.15) is 53.9 Å². The summed E-state index contributed by atoms with van der Waals surface area (Å²) in [7, 11) is -2.93. The molecule has 0 saturated carbocycles. The second-order valence-corrected chi connectivity index (χ2v) is 8.25. The molecule has 0 aliphatic rings. The topological polar surface area (TPSA) is 46.2 Å². The van der Waals surface area contributed by atoms with Gasteiger partial charge in [-0.1, -0.05) is 13.3 Å². The molecule has 0 rings (SSSR count). The van der Waals surface area contributed by atoms with Crippen molar-refractivity contribution in [2.45, 2.75) is 64.7 Å². The predicted molar refractivity (Wildman–Crippen MR) is 70.5 cm³/mol. The molecule has 0 aromatic heterocycles. The van der Waals surface area contributed by atoms with Crippen LogP contribution >= 0.6 is 0 Å². The first-order valence-electron chi connectivity index (χ1n) is 6.16. The van der Waals surface area contributed by atoms with Crippen molar-refractivity contribution in [2.24, 2.45) is 0 Å². The summed E-state index contributed by atoms with van der Waals surface area (Å²) >= 11 is 0. The molecule has 0 aliphatic heterocycles. The fourth-order valence-electron chi connectivity index (χ4n) is 1.50. The summed E-state index contributed by atoms with van der Waals surface area (Å²) in [5.41, 5.74) is 0. The van der Waals surface area contributed by atoms with Crippen molar-refractivity contribution in [1.82, 2.24) is 5.32 Å². The van der Waals surface area contributed by atoms with Gasteiger partial charge >= 0.3 is 0 Å². The van der Waals surface area contributed by atoms with Crippen molar-refractivity contribution in [3.8, 4) is 0 Å². The molecule has 0 amide bonds. The van der Waals surface area contributed by atoms with Crippen LogP contribution in [0, 0.1) is 0 Å². The number of hydrogen-bond donors (Lipinski definition) is 1. The third-order valence-corrected chi connectivity index (χ3v) is 5.48. The van der Waals surface area contributed by atoms with Gasteiger partial charge in [0.15, 0.2) is 9.84 Å². The van der Waals surface area contributed by atoms with Crippen LogP contribution in [0.25, 0.3) is 0 Å². The maximum atomic E-state index is 11.8. The minimum Gasteiger partial charge on any atom is -0.315 e. The van der Waals surface area contributed by atoms with Crippen LogP contribution < -0.4 is 5.32 Å². The van der Waals surface area contributed by atoms with Crippen molar-refractivity contribution in [2.75, 3.05) is 12.3 Å². The van der Waals surface area contributed by atoms with Crippen molar-refractivity contribution in [1.29, 1.82) is 0 Å². The standard InChI is InChI=1S/C12H27NO2S/c1-6-13-11(2)9-7-8-10-16(14,15)12(3,4)5/h11,13H,6-10H2,1-5H3. The van der Waals surface area contributed by atoms with E-state index in [9.17, 15) is 8.42 Å². The van der Waals surface area contributed by atoms with Crippen LogP contribution in [0.2, 0.25) is 0 Å². The lowest BCUT2D eigenvalue weighted by molar-refractivity contribution is 0.505. The van der Waals surface area contributed by atoms with Gasteiger partial charge in [0.2, 0.25) is 0 Å². The van der Waals surface area contributed by atoms with Gasteiger partial charge in [0.1, 0.15) is 0 Å². The highest BCUT2D eigenvalue weighted by molar-refractivity contribution is 7.92. The van der Waals surface area contributed by atoms with Crippen LogP contribution in [-0.4, -0.2) is 31.5 Å². The van der Waals surface area contributed by atoms with Crippen LogP contribution in [0.5, 0.6) is 0 Å². The third-order valence-electron chi connectivity index (χ3n) is 2.79. The SMILES string of the molecule is CCNC(C)CCCCS(=O)(=O)C(C)(C)C. The van der Waals surface area contributed by atoms with Gasteiger partial charge in [-0.3, -0.25) is 0 Å². The number of hydrogen-bond acceptors (Lipinski definition) is 3. The summed E-state index contributed by atoms with van der Waals surface area (Å²) in [4.78, 5) is 0. The molecular weight excluding hydrogens is 222 g/mol.